The molecule has 0 spiro atoms. The highest BCUT2D eigenvalue weighted by atomic mass is 16.7. The Hall–Kier alpha value is -1.64. The van der Waals surface area contributed by atoms with E-state index in [-0.39, 0.29) is 24.2 Å². The van der Waals surface area contributed by atoms with Gasteiger partial charge in [-0.15, -0.1) is 0 Å². The van der Waals surface area contributed by atoms with E-state index in [1.807, 2.05) is 0 Å². The summed E-state index contributed by atoms with van der Waals surface area (Å²) in [5, 5.41) is 0. The lowest BCUT2D eigenvalue weighted by molar-refractivity contribution is -0.700. The van der Waals surface area contributed by atoms with E-state index in [1.54, 1.807) is 0 Å². The van der Waals surface area contributed by atoms with Crippen molar-refractivity contribution in [3.05, 3.63) is 24.8 Å². The van der Waals surface area contributed by atoms with E-state index in [2.05, 4.69) is 209 Å². The monoisotopic (exact) mass is 813 g/mol. The summed E-state index contributed by atoms with van der Waals surface area (Å²) >= 11 is 0. The minimum absolute atomic E-state index is 0.241. The summed E-state index contributed by atoms with van der Waals surface area (Å²) in [5.74, 6) is 0. The molecular formula is C42H80B4N4O8. The van der Waals surface area contributed by atoms with Crippen LogP contribution < -0.4 is 20.6 Å². The first-order valence-electron chi connectivity index (χ1n) is 22.0. The summed E-state index contributed by atoms with van der Waals surface area (Å²) in [6.07, 6.45) is 4.24. The van der Waals surface area contributed by atoms with Crippen LogP contribution in [0.25, 0.3) is 0 Å². The van der Waals surface area contributed by atoms with Crippen molar-refractivity contribution in [1.82, 2.24) is 9.13 Å². The minimum Gasteiger partial charge on any atom is -0.555 e. The minimum atomic E-state index is -2.10. The van der Waals surface area contributed by atoms with Crippen molar-refractivity contribution < 1.29 is 46.4 Å². The van der Waals surface area contributed by atoms with Crippen LogP contribution in [0.2, 0.25) is 0 Å². The van der Waals surface area contributed by atoms with E-state index in [1.165, 1.54) is 0 Å². The molecule has 328 valence electrons. The summed E-state index contributed by atoms with van der Waals surface area (Å²) in [7, 11) is -1.28. The molecule has 6 rings (SSSR count). The second kappa shape index (κ2) is 14.5. The van der Waals surface area contributed by atoms with Crippen molar-refractivity contribution in [2.45, 2.75) is 235 Å². The van der Waals surface area contributed by atoms with Gasteiger partial charge in [-0.05, 0) is 166 Å². The Morgan fingerprint density at radius 2 is 0.638 bits per heavy atom. The SMILES string of the molecule is CC(C)n1cc[n+](C(C)C)c1[B-]1(B2OC(C)(C)C(C)(C)O2)OC(C)(C)C(C)(C)O1.CC(C)n1cc[n+](C(C)C)c1[B-]1(B2OC(C)(C)C(C)(C)O2)OC(C)(C)C(C)(C)O1. The molecule has 0 unspecified atom stereocenters. The van der Waals surface area contributed by atoms with Crippen LogP contribution >= 0.6 is 0 Å². The van der Waals surface area contributed by atoms with Crippen LogP contribution in [0.5, 0.6) is 0 Å². The number of imidazole rings is 2. The molecule has 4 saturated heterocycles. The van der Waals surface area contributed by atoms with Crippen LogP contribution in [0.1, 0.15) is 190 Å². The summed E-state index contributed by atoms with van der Waals surface area (Å²) in [6.45, 7) is 50.6. The number of hydrogen-bond acceptors (Lipinski definition) is 8. The van der Waals surface area contributed by atoms with Gasteiger partial charge in [0.05, 0.1) is 46.6 Å². The molecule has 0 aromatic carbocycles. The molecule has 58 heavy (non-hydrogen) atoms. The van der Waals surface area contributed by atoms with Crippen LogP contribution in [0.15, 0.2) is 24.8 Å². The molecule has 4 aliphatic heterocycles. The normalized spacial score (nSPS) is 26.6. The standard InChI is InChI=1S/2C21H40B2N2O4/c2*1-15(2)24-13-14-25(16(3)4)17(24)23(28-20(9,10)21(11,12)29-23)22-26-18(5,6)19(7,8)27-22/h2*13-16H,1-12H3. The Morgan fingerprint density at radius 1 is 0.414 bits per heavy atom. The van der Waals surface area contributed by atoms with E-state index in [0.29, 0.717) is 0 Å². The van der Waals surface area contributed by atoms with Crippen molar-refractivity contribution >= 4 is 38.4 Å². The molecule has 6 heterocycles. The molecule has 0 N–H and O–H groups in total. The highest BCUT2D eigenvalue weighted by molar-refractivity contribution is 7.28. The highest BCUT2D eigenvalue weighted by Gasteiger charge is 2.70. The van der Waals surface area contributed by atoms with Crippen LogP contribution in [-0.4, -0.2) is 80.8 Å². The maximum Gasteiger partial charge on any atom is 0.390 e. The molecule has 0 atom stereocenters. The molecule has 0 bridgehead atoms. The zero-order chi connectivity index (χ0) is 44.4. The zero-order valence-corrected chi connectivity index (χ0v) is 41.0. The number of nitrogens with zero attached hydrogens (tertiary/aromatic N) is 4. The molecule has 0 radical (unpaired) electrons. The Morgan fingerprint density at radius 3 is 0.828 bits per heavy atom. The van der Waals surface area contributed by atoms with Crippen LogP contribution in [-0.2, 0) is 37.2 Å². The van der Waals surface area contributed by atoms with E-state index < -0.39 is 71.7 Å². The second-order valence-corrected chi connectivity index (χ2v) is 22.6. The summed E-state index contributed by atoms with van der Waals surface area (Å²) < 4.78 is 62.8. The molecule has 2 aromatic heterocycles. The fourth-order valence-electron chi connectivity index (χ4n) is 8.62. The second-order valence-electron chi connectivity index (χ2n) is 22.6. The number of hydrogen-bond donors (Lipinski definition) is 0. The number of aromatic nitrogens is 4. The van der Waals surface area contributed by atoms with Crippen molar-refractivity contribution in [1.29, 1.82) is 0 Å². The molecule has 4 aliphatic rings. The lowest BCUT2D eigenvalue weighted by Gasteiger charge is -2.37. The third-order valence-corrected chi connectivity index (χ3v) is 14.8. The molecule has 2 aromatic rings. The van der Waals surface area contributed by atoms with Crippen LogP contribution in [0.3, 0.4) is 0 Å². The number of rotatable bonds is 8. The average molecular weight is 812 g/mol. The van der Waals surface area contributed by atoms with Gasteiger partial charge in [0.1, 0.15) is 36.2 Å². The molecule has 4 fully saturated rings. The molecule has 0 saturated carbocycles. The first kappa shape index (κ1) is 47.4. The fourth-order valence-corrected chi connectivity index (χ4v) is 8.62. The third-order valence-electron chi connectivity index (χ3n) is 14.8. The van der Waals surface area contributed by atoms with E-state index in [4.69, 9.17) is 37.2 Å². The Balaban J connectivity index is 0.000000221. The van der Waals surface area contributed by atoms with Gasteiger partial charge in [0.25, 0.3) is 0 Å². The first-order valence-corrected chi connectivity index (χ1v) is 22.0. The van der Waals surface area contributed by atoms with Crippen LogP contribution in [0.4, 0.5) is 0 Å². The Labute approximate surface area is 352 Å². The van der Waals surface area contributed by atoms with Crippen molar-refractivity contribution in [3.8, 4) is 0 Å². The van der Waals surface area contributed by atoms with Crippen molar-refractivity contribution in [2.24, 2.45) is 0 Å². The van der Waals surface area contributed by atoms with E-state index in [0.717, 1.165) is 11.4 Å². The van der Waals surface area contributed by atoms with Gasteiger partial charge in [-0.3, -0.25) is 18.3 Å². The highest BCUT2D eigenvalue weighted by Crippen LogP contribution is 2.49. The predicted octanol–water partition coefficient (Wildman–Crippen LogP) is 6.72. The molecule has 0 amide bonds. The summed E-state index contributed by atoms with van der Waals surface area (Å²) in [6, 6.07) is 0.964. The summed E-state index contributed by atoms with van der Waals surface area (Å²) in [4.78, 5) is 0. The van der Waals surface area contributed by atoms with Gasteiger partial charge in [-0.2, -0.15) is 0 Å². The van der Waals surface area contributed by atoms with E-state index in [9.17, 15) is 0 Å². The molecule has 16 heteroatoms. The fraction of sp³-hybridized carbons (Fsp3) is 0.857. The average Bonchev–Trinajstić information content (AvgIpc) is 3.82. The third kappa shape index (κ3) is 7.43. The predicted molar refractivity (Wildman–Crippen MR) is 234 cm³/mol. The van der Waals surface area contributed by atoms with E-state index >= 15 is 0 Å². The first-order chi connectivity index (χ1) is 25.9. The molecule has 0 aliphatic carbocycles. The lowest BCUT2D eigenvalue weighted by atomic mass is 9.27. The van der Waals surface area contributed by atoms with Crippen molar-refractivity contribution in [2.75, 3.05) is 0 Å². The molecular weight excluding hydrogens is 732 g/mol. The smallest absolute Gasteiger partial charge is 0.390 e. The summed E-state index contributed by atoms with van der Waals surface area (Å²) in [5.41, 5.74) is -2.02. The van der Waals surface area contributed by atoms with Crippen LogP contribution in [0, 0.1) is 0 Å². The van der Waals surface area contributed by atoms with Gasteiger partial charge in [-0.25, -0.2) is 0 Å². The molecule has 12 nitrogen and oxygen atoms in total. The lowest BCUT2D eigenvalue weighted by Crippen LogP contribution is -2.75. The Kier molecular flexibility index (Phi) is 11.8. The maximum atomic E-state index is 6.90. The van der Waals surface area contributed by atoms with Gasteiger partial charge < -0.3 is 37.2 Å². The van der Waals surface area contributed by atoms with Crippen molar-refractivity contribution in [3.63, 3.8) is 0 Å². The maximum absolute atomic E-state index is 6.90. The van der Waals surface area contributed by atoms with Gasteiger partial charge in [-0.1, -0.05) is 0 Å². The largest absolute Gasteiger partial charge is 0.555 e. The Bertz CT molecular complexity index is 1580. The van der Waals surface area contributed by atoms with Gasteiger partial charge >= 0.3 is 26.9 Å². The topological polar surface area (TPSA) is 91.5 Å². The quantitative estimate of drug-likeness (QED) is 0.215. The zero-order valence-electron chi connectivity index (χ0n) is 41.0. The van der Waals surface area contributed by atoms with Gasteiger partial charge in [0.2, 0.25) is 0 Å². The van der Waals surface area contributed by atoms with Gasteiger partial charge in [0, 0.05) is 22.4 Å². The van der Waals surface area contributed by atoms with Gasteiger partial charge in [0.15, 0.2) is 0 Å².